The highest BCUT2D eigenvalue weighted by Gasteiger charge is 2.25. The summed E-state index contributed by atoms with van der Waals surface area (Å²) >= 11 is 0. The third-order valence-electron chi connectivity index (χ3n) is 4.79. The van der Waals surface area contributed by atoms with Crippen LogP contribution in [0.4, 0.5) is 5.69 Å². The van der Waals surface area contributed by atoms with Crippen molar-refractivity contribution in [1.29, 1.82) is 0 Å². The number of β-amino-alcohol motifs (C(OH)–C–C–N with tert-alkyl or cyclic N) is 1. The van der Waals surface area contributed by atoms with Crippen LogP contribution in [0.5, 0.6) is 5.75 Å². The second-order valence-corrected chi connectivity index (χ2v) is 6.94. The predicted molar refractivity (Wildman–Crippen MR) is 89.6 cm³/mol. The Bertz CT molecular complexity index is 486. The van der Waals surface area contributed by atoms with E-state index in [2.05, 4.69) is 29.7 Å². The molecule has 2 aliphatic heterocycles. The average molecular weight is 304 g/mol. The summed E-state index contributed by atoms with van der Waals surface area (Å²) in [5.41, 5.74) is 1.10. The fourth-order valence-corrected chi connectivity index (χ4v) is 3.51. The Hall–Kier alpha value is -1.26. The molecule has 0 aromatic heterocycles. The lowest BCUT2D eigenvalue weighted by Crippen LogP contribution is -2.46. The van der Waals surface area contributed by atoms with Gasteiger partial charge in [0.1, 0.15) is 11.9 Å². The Kier molecular flexibility index (Phi) is 4.89. The van der Waals surface area contributed by atoms with Crippen LogP contribution in [0.15, 0.2) is 24.3 Å². The van der Waals surface area contributed by atoms with Gasteiger partial charge in [0.15, 0.2) is 0 Å². The Balaban J connectivity index is 1.58. The number of para-hydroxylation sites is 2. The van der Waals surface area contributed by atoms with Gasteiger partial charge >= 0.3 is 0 Å². The molecule has 2 atom stereocenters. The number of piperidine rings is 1. The van der Waals surface area contributed by atoms with Crippen LogP contribution >= 0.6 is 0 Å². The number of rotatable bonds is 4. The minimum Gasteiger partial charge on any atom is -0.487 e. The van der Waals surface area contributed by atoms with Gasteiger partial charge in [-0.1, -0.05) is 19.1 Å². The van der Waals surface area contributed by atoms with Crippen molar-refractivity contribution in [3.05, 3.63) is 24.3 Å². The van der Waals surface area contributed by atoms with Crippen molar-refractivity contribution in [2.45, 2.75) is 38.9 Å². The Morgan fingerprint density at radius 1 is 1.18 bits per heavy atom. The third kappa shape index (κ3) is 3.73. The maximum atomic E-state index is 10.5. The molecule has 2 aliphatic rings. The summed E-state index contributed by atoms with van der Waals surface area (Å²) in [5, 5.41) is 10.5. The largest absolute Gasteiger partial charge is 0.487 e. The number of aliphatic hydroxyl groups excluding tert-OH is 1. The number of likely N-dealkylation sites (tertiary alicyclic amines) is 1. The number of hydrogen-bond acceptors (Lipinski definition) is 4. The van der Waals surface area contributed by atoms with Gasteiger partial charge in [0.2, 0.25) is 0 Å². The quantitative estimate of drug-likeness (QED) is 0.926. The van der Waals surface area contributed by atoms with E-state index in [9.17, 15) is 5.11 Å². The van der Waals surface area contributed by atoms with Crippen molar-refractivity contribution in [1.82, 2.24) is 4.90 Å². The molecule has 0 unspecified atom stereocenters. The Morgan fingerprint density at radius 3 is 2.68 bits per heavy atom. The van der Waals surface area contributed by atoms with Crippen LogP contribution in [0, 0.1) is 5.92 Å². The lowest BCUT2D eigenvalue weighted by Gasteiger charge is -2.37. The minimum absolute atomic E-state index is 0.165. The molecule has 1 aromatic rings. The van der Waals surface area contributed by atoms with Gasteiger partial charge in [-0.3, -0.25) is 0 Å². The van der Waals surface area contributed by atoms with Gasteiger partial charge in [-0.25, -0.2) is 0 Å². The van der Waals surface area contributed by atoms with Gasteiger partial charge in [0.25, 0.3) is 0 Å². The molecule has 4 heteroatoms. The number of aliphatic hydroxyl groups is 1. The molecule has 0 amide bonds. The molecule has 1 N–H and O–H groups in total. The molecule has 3 rings (SSSR count). The number of hydrogen-bond donors (Lipinski definition) is 1. The summed E-state index contributed by atoms with van der Waals surface area (Å²) in [6, 6.07) is 8.12. The first-order valence-electron chi connectivity index (χ1n) is 8.53. The van der Waals surface area contributed by atoms with Crippen LogP contribution in [0.1, 0.15) is 26.7 Å². The van der Waals surface area contributed by atoms with Crippen molar-refractivity contribution >= 4 is 5.69 Å². The Labute approximate surface area is 133 Å². The molecule has 0 radical (unpaired) electrons. The fourth-order valence-electron chi connectivity index (χ4n) is 3.51. The van der Waals surface area contributed by atoms with Crippen LogP contribution in [0.3, 0.4) is 0 Å². The number of nitrogens with zero attached hydrogens (tertiary/aromatic N) is 2. The number of anilines is 1. The van der Waals surface area contributed by atoms with E-state index in [0.29, 0.717) is 6.54 Å². The van der Waals surface area contributed by atoms with Gasteiger partial charge in [-0.2, -0.15) is 0 Å². The second kappa shape index (κ2) is 6.88. The van der Waals surface area contributed by atoms with E-state index in [1.165, 1.54) is 12.8 Å². The molecule has 122 valence electrons. The van der Waals surface area contributed by atoms with Gasteiger partial charge in [-0.05, 0) is 50.9 Å². The summed E-state index contributed by atoms with van der Waals surface area (Å²) < 4.78 is 5.87. The standard InChI is InChI=1S/C18H28N2O2/c1-14-7-9-19(10-8-14)12-16(21)13-20-11-15(2)22-18-6-4-3-5-17(18)20/h3-6,14-16,21H,7-13H2,1-2H3/t15-,16-/m1/s1. The van der Waals surface area contributed by atoms with Crippen LogP contribution in [-0.2, 0) is 0 Å². The van der Waals surface area contributed by atoms with E-state index < -0.39 is 0 Å². The van der Waals surface area contributed by atoms with E-state index in [-0.39, 0.29) is 12.2 Å². The van der Waals surface area contributed by atoms with E-state index >= 15 is 0 Å². The zero-order valence-electron chi connectivity index (χ0n) is 13.7. The summed E-state index contributed by atoms with van der Waals surface area (Å²) in [5.74, 6) is 1.76. The van der Waals surface area contributed by atoms with Crippen LogP contribution in [0.25, 0.3) is 0 Å². The molecule has 0 spiro atoms. The summed E-state index contributed by atoms with van der Waals surface area (Å²) in [7, 11) is 0. The second-order valence-electron chi connectivity index (χ2n) is 6.94. The summed E-state index contributed by atoms with van der Waals surface area (Å²) in [6.45, 7) is 8.94. The number of ether oxygens (including phenoxy) is 1. The van der Waals surface area contributed by atoms with E-state index in [1.54, 1.807) is 0 Å². The van der Waals surface area contributed by atoms with Crippen LogP contribution in [-0.4, -0.2) is 54.9 Å². The normalized spacial score (nSPS) is 24.7. The Morgan fingerprint density at radius 2 is 1.91 bits per heavy atom. The molecular weight excluding hydrogens is 276 g/mol. The van der Waals surface area contributed by atoms with Crippen molar-refractivity contribution in [3.8, 4) is 5.75 Å². The topological polar surface area (TPSA) is 35.9 Å². The summed E-state index contributed by atoms with van der Waals surface area (Å²) in [4.78, 5) is 4.67. The van der Waals surface area contributed by atoms with Crippen molar-refractivity contribution in [2.75, 3.05) is 37.6 Å². The van der Waals surface area contributed by atoms with Crippen LogP contribution < -0.4 is 9.64 Å². The molecule has 0 bridgehead atoms. The zero-order chi connectivity index (χ0) is 15.5. The highest BCUT2D eigenvalue weighted by Crippen LogP contribution is 2.33. The number of benzene rings is 1. The van der Waals surface area contributed by atoms with Crippen LogP contribution in [0.2, 0.25) is 0 Å². The van der Waals surface area contributed by atoms with Crippen molar-refractivity contribution < 1.29 is 9.84 Å². The lowest BCUT2D eigenvalue weighted by molar-refractivity contribution is 0.0923. The monoisotopic (exact) mass is 304 g/mol. The van der Waals surface area contributed by atoms with E-state index in [4.69, 9.17) is 4.74 Å². The van der Waals surface area contributed by atoms with Gasteiger partial charge in [0.05, 0.1) is 18.3 Å². The van der Waals surface area contributed by atoms with Gasteiger partial charge in [-0.15, -0.1) is 0 Å². The molecule has 22 heavy (non-hydrogen) atoms. The van der Waals surface area contributed by atoms with Crippen molar-refractivity contribution in [3.63, 3.8) is 0 Å². The number of fused-ring (bicyclic) bond motifs is 1. The molecule has 4 nitrogen and oxygen atoms in total. The lowest BCUT2D eigenvalue weighted by atomic mass is 9.99. The molecule has 0 aliphatic carbocycles. The van der Waals surface area contributed by atoms with E-state index in [1.807, 2.05) is 18.2 Å². The first-order chi connectivity index (χ1) is 10.6. The van der Waals surface area contributed by atoms with Crippen molar-refractivity contribution in [2.24, 2.45) is 5.92 Å². The van der Waals surface area contributed by atoms with Gasteiger partial charge in [0, 0.05) is 13.1 Å². The molecule has 1 saturated heterocycles. The molecule has 2 heterocycles. The predicted octanol–water partition coefficient (Wildman–Crippen LogP) is 2.37. The molecule has 0 saturated carbocycles. The maximum Gasteiger partial charge on any atom is 0.143 e. The first kappa shape index (κ1) is 15.6. The average Bonchev–Trinajstić information content (AvgIpc) is 2.49. The highest BCUT2D eigenvalue weighted by molar-refractivity contribution is 5.60. The fraction of sp³-hybridized carbons (Fsp3) is 0.667. The SMILES string of the molecule is CC1CCN(C[C@@H](O)CN2C[C@@H](C)Oc3ccccc32)CC1. The zero-order valence-corrected chi connectivity index (χ0v) is 13.7. The minimum atomic E-state index is -0.313. The maximum absolute atomic E-state index is 10.5. The molecule has 1 aromatic carbocycles. The smallest absolute Gasteiger partial charge is 0.143 e. The summed E-state index contributed by atoms with van der Waals surface area (Å²) in [6.07, 6.45) is 2.36. The first-order valence-corrected chi connectivity index (χ1v) is 8.53. The third-order valence-corrected chi connectivity index (χ3v) is 4.79. The molecule has 1 fully saturated rings. The van der Waals surface area contributed by atoms with E-state index in [0.717, 1.165) is 43.5 Å². The van der Waals surface area contributed by atoms with Gasteiger partial charge < -0.3 is 19.6 Å². The highest BCUT2D eigenvalue weighted by atomic mass is 16.5. The molecular formula is C18H28N2O2.